The third-order valence-corrected chi connectivity index (χ3v) is 5.81. The van der Waals surface area contributed by atoms with Gasteiger partial charge in [0.25, 0.3) is 5.91 Å². The summed E-state index contributed by atoms with van der Waals surface area (Å²) in [6, 6.07) is 6.85. The van der Waals surface area contributed by atoms with Crippen LogP contribution < -0.4 is 10.6 Å². The zero-order valence-corrected chi connectivity index (χ0v) is 15.8. The van der Waals surface area contributed by atoms with Crippen molar-refractivity contribution < 1.29 is 19.8 Å². The standard InChI is InChI=1S/C20H24N2O4S/c23-11-10-21-15-8-6-14(7-9-15)18(24)22-19-17(20(25)26)16(12-27-19)13-4-2-1-3-5-13/h6-9,12-13,21,23H,1-5,10-11H2,(H,22,24)(H,25,26). The number of amides is 1. The molecular weight excluding hydrogens is 364 g/mol. The lowest BCUT2D eigenvalue weighted by Gasteiger charge is -2.21. The van der Waals surface area contributed by atoms with Crippen molar-refractivity contribution in [2.45, 2.75) is 38.0 Å². The van der Waals surface area contributed by atoms with Gasteiger partial charge in [0.1, 0.15) is 5.00 Å². The summed E-state index contributed by atoms with van der Waals surface area (Å²) < 4.78 is 0. The number of carbonyl (C=O) groups is 2. The molecule has 6 nitrogen and oxygen atoms in total. The van der Waals surface area contributed by atoms with Gasteiger partial charge in [0.15, 0.2) is 0 Å². The summed E-state index contributed by atoms with van der Waals surface area (Å²) in [5, 5.41) is 26.6. The van der Waals surface area contributed by atoms with Gasteiger partial charge < -0.3 is 20.8 Å². The summed E-state index contributed by atoms with van der Waals surface area (Å²) in [6.07, 6.45) is 5.46. The average molecular weight is 388 g/mol. The van der Waals surface area contributed by atoms with E-state index in [0.717, 1.165) is 36.9 Å². The molecule has 1 aromatic carbocycles. The molecule has 7 heteroatoms. The van der Waals surface area contributed by atoms with Crippen molar-refractivity contribution in [1.82, 2.24) is 0 Å². The first kappa shape index (κ1) is 19.4. The van der Waals surface area contributed by atoms with Crippen LogP contribution >= 0.6 is 11.3 Å². The third-order valence-electron chi connectivity index (χ3n) is 4.89. The summed E-state index contributed by atoms with van der Waals surface area (Å²) in [4.78, 5) is 24.4. The molecule has 1 fully saturated rings. The van der Waals surface area contributed by atoms with Crippen molar-refractivity contribution in [2.24, 2.45) is 0 Å². The van der Waals surface area contributed by atoms with E-state index in [0.29, 0.717) is 17.1 Å². The second-order valence-corrected chi connectivity index (χ2v) is 7.60. The van der Waals surface area contributed by atoms with Crippen molar-refractivity contribution in [3.05, 3.63) is 46.3 Å². The highest BCUT2D eigenvalue weighted by atomic mass is 32.1. The number of aliphatic hydroxyl groups excluding tert-OH is 1. The SMILES string of the molecule is O=C(Nc1scc(C2CCCCC2)c1C(=O)O)c1ccc(NCCO)cc1. The van der Waals surface area contributed by atoms with E-state index in [9.17, 15) is 14.7 Å². The van der Waals surface area contributed by atoms with Crippen LogP contribution in [0, 0.1) is 0 Å². The molecule has 27 heavy (non-hydrogen) atoms. The van der Waals surface area contributed by atoms with E-state index < -0.39 is 5.97 Å². The van der Waals surface area contributed by atoms with Crippen molar-refractivity contribution in [1.29, 1.82) is 0 Å². The molecular formula is C20H24N2O4S. The van der Waals surface area contributed by atoms with Crippen LogP contribution in [-0.4, -0.2) is 35.2 Å². The molecule has 4 N–H and O–H groups in total. The van der Waals surface area contributed by atoms with Gasteiger partial charge in [-0.05, 0) is 54.0 Å². The quantitative estimate of drug-likeness (QED) is 0.571. The first-order valence-electron chi connectivity index (χ1n) is 9.21. The molecule has 0 unspecified atom stereocenters. The van der Waals surface area contributed by atoms with Gasteiger partial charge in [-0.25, -0.2) is 4.79 Å². The number of hydrogen-bond donors (Lipinski definition) is 4. The highest BCUT2D eigenvalue weighted by Gasteiger charge is 2.26. The number of carboxylic acid groups (broad SMARTS) is 1. The maximum Gasteiger partial charge on any atom is 0.339 e. The van der Waals surface area contributed by atoms with Crippen LogP contribution in [0.1, 0.15) is 64.3 Å². The van der Waals surface area contributed by atoms with E-state index in [2.05, 4.69) is 10.6 Å². The van der Waals surface area contributed by atoms with Gasteiger partial charge >= 0.3 is 5.97 Å². The first-order valence-corrected chi connectivity index (χ1v) is 10.1. The summed E-state index contributed by atoms with van der Waals surface area (Å²) in [5.74, 6) is -1.05. The van der Waals surface area contributed by atoms with Crippen molar-refractivity contribution in [3.63, 3.8) is 0 Å². The molecule has 0 saturated heterocycles. The fraction of sp³-hybridized carbons (Fsp3) is 0.400. The summed E-state index contributed by atoms with van der Waals surface area (Å²) in [5.41, 5.74) is 2.35. The van der Waals surface area contributed by atoms with Crippen LogP contribution in [0.5, 0.6) is 0 Å². The molecule has 2 aromatic rings. The molecule has 1 aromatic heterocycles. The number of carboxylic acids is 1. The third kappa shape index (κ3) is 4.67. The van der Waals surface area contributed by atoms with Crippen LogP contribution in [0.25, 0.3) is 0 Å². The summed E-state index contributed by atoms with van der Waals surface area (Å²) in [6.45, 7) is 0.467. The number of nitrogens with one attached hydrogen (secondary N) is 2. The summed E-state index contributed by atoms with van der Waals surface area (Å²) >= 11 is 1.28. The number of anilines is 2. The maximum atomic E-state index is 12.5. The van der Waals surface area contributed by atoms with Crippen molar-refractivity contribution in [3.8, 4) is 0 Å². The average Bonchev–Trinajstić information content (AvgIpc) is 3.11. The van der Waals surface area contributed by atoms with E-state index in [1.807, 2.05) is 5.38 Å². The fourth-order valence-corrected chi connectivity index (χ4v) is 4.54. The van der Waals surface area contributed by atoms with Gasteiger partial charge in [0, 0.05) is 17.8 Å². The molecule has 1 saturated carbocycles. The van der Waals surface area contributed by atoms with Gasteiger partial charge in [0.05, 0.1) is 12.2 Å². The molecule has 0 spiro atoms. The largest absolute Gasteiger partial charge is 0.478 e. The molecule has 0 aliphatic heterocycles. The Hall–Kier alpha value is -2.38. The zero-order valence-electron chi connectivity index (χ0n) is 15.0. The monoisotopic (exact) mass is 388 g/mol. The molecule has 1 aliphatic carbocycles. The minimum absolute atomic E-state index is 0.0297. The van der Waals surface area contributed by atoms with Crippen LogP contribution in [-0.2, 0) is 0 Å². The van der Waals surface area contributed by atoms with Gasteiger partial charge in [-0.15, -0.1) is 11.3 Å². The number of carbonyl (C=O) groups excluding carboxylic acids is 1. The van der Waals surface area contributed by atoms with Crippen molar-refractivity contribution in [2.75, 3.05) is 23.8 Å². The van der Waals surface area contributed by atoms with Gasteiger partial charge in [-0.2, -0.15) is 0 Å². The predicted molar refractivity (Wildman–Crippen MR) is 107 cm³/mol. The fourth-order valence-electron chi connectivity index (χ4n) is 3.51. The Bertz CT molecular complexity index is 795. The number of aliphatic hydroxyl groups is 1. The predicted octanol–water partition coefficient (Wildman–Crippen LogP) is 4.15. The minimum atomic E-state index is -0.990. The number of hydrogen-bond acceptors (Lipinski definition) is 5. The Morgan fingerprint density at radius 3 is 2.44 bits per heavy atom. The topological polar surface area (TPSA) is 98.7 Å². The Kier molecular flexibility index (Phi) is 6.47. The highest BCUT2D eigenvalue weighted by Crippen LogP contribution is 2.40. The van der Waals surface area contributed by atoms with Gasteiger partial charge in [-0.1, -0.05) is 19.3 Å². The molecule has 0 radical (unpaired) electrons. The van der Waals surface area contributed by atoms with Crippen molar-refractivity contribution >= 4 is 33.9 Å². The van der Waals surface area contributed by atoms with E-state index in [1.165, 1.54) is 17.8 Å². The molecule has 1 aliphatic rings. The normalized spacial score (nSPS) is 14.7. The highest BCUT2D eigenvalue weighted by molar-refractivity contribution is 7.15. The van der Waals surface area contributed by atoms with E-state index in [-0.39, 0.29) is 24.0 Å². The number of benzene rings is 1. The van der Waals surface area contributed by atoms with E-state index >= 15 is 0 Å². The molecule has 144 valence electrons. The second-order valence-electron chi connectivity index (χ2n) is 6.72. The van der Waals surface area contributed by atoms with Crippen LogP contribution in [0.4, 0.5) is 10.7 Å². The lowest BCUT2D eigenvalue weighted by molar-refractivity contribution is 0.0696. The lowest BCUT2D eigenvalue weighted by Crippen LogP contribution is -2.15. The van der Waals surface area contributed by atoms with Gasteiger partial charge in [0.2, 0.25) is 0 Å². The van der Waals surface area contributed by atoms with Crippen LogP contribution in [0.3, 0.4) is 0 Å². The first-order chi connectivity index (χ1) is 13.1. The molecule has 0 bridgehead atoms. The minimum Gasteiger partial charge on any atom is -0.478 e. The van der Waals surface area contributed by atoms with E-state index in [1.54, 1.807) is 24.3 Å². The Morgan fingerprint density at radius 1 is 1.11 bits per heavy atom. The number of aromatic carboxylic acids is 1. The lowest BCUT2D eigenvalue weighted by atomic mass is 9.83. The van der Waals surface area contributed by atoms with Crippen LogP contribution in [0.15, 0.2) is 29.6 Å². The Balaban J connectivity index is 1.75. The maximum absolute atomic E-state index is 12.5. The second kappa shape index (κ2) is 9.01. The molecule has 0 atom stereocenters. The van der Waals surface area contributed by atoms with Crippen LogP contribution in [0.2, 0.25) is 0 Å². The molecule has 3 rings (SSSR count). The zero-order chi connectivity index (χ0) is 19.2. The molecule has 1 heterocycles. The van der Waals surface area contributed by atoms with Gasteiger partial charge in [-0.3, -0.25) is 4.79 Å². The smallest absolute Gasteiger partial charge is 0.339 e. The molecule has 1 amide bonds. The van der Waals surface area contributed by atoms with E-state index in [4.69, 9.17) is 5.11 Å². The summed E-state index contributed by atoms with van der Waals surface area (Å²) in [7, 11) is 0. The number of thiophene rings is 1. The number of rotatable bonds is 7. The Morgan fingerprint density at radius 2 is 1.81 bits per heavy atom. The Labute approximate surface area is 162 Å².